The van der Waals surface area contributed by atoms with Crippen molar-refractivity contribution in [3.05, 3.63) is 213 Å². The van der Waals surface area contributed by atoms with E-state index in [9.17, 15) is 0 Å². The lowest BCUT2D eigenvalue weighted by atomic mass is 9.61. The van der Waals surface area contributed by atoms with Gasteiger partial charge in [-0.25, -0.2) is 0 Å². The first-order valence-corrected chi connectivity index (χ1v) is 17.2. The Labute approximate surface area is 282 Å². The molecule has 228 valence electrons. The van der Waals surface area contributed by atoms with E-state index in [4.69, 9.17) is 5.73 Å². The largest absolute Gasteiger partial charge is 0.326 e. The number of benzene rings is 7. The summed E-state index contributed by atoms with van der Waals surface area (Å²) in [6.45, 7) is 0.523. The molecule has 48 heavy (non-hydrogen) atoms. The average Bonchev–Trinajstić information content (AvgIpc) is 3.84. The van der Waals surface area contributed by atoms with Gasteiger partial charge in [0.1, 0.15) is 0 Å². The molecular formula is C47H35N. The van der Waals surface area contributed by atoms with Gasteiger partial charge in [0.2, 0.25) is 0 Å². The van der Waals surface area contributed by atoms with Gasteiger partial charge in [-0.1, -0.05) is 152 Å². The van der Waals surface area contributed by atoms with Crippen LogP contribution >= 0.6 is 0 Å². The lowest BCUT2D eigenvalue weighted by molar-refractivity contribution is 0.720. The molecule has 7 aromatic rings. The maximum atomic E-state index is 6.21. The Balaban J connectivity index is 1.37. The van der Waals surface area contributed by atoms with Gasteiger partial charge >= 0.3 is 0 Å². The summed E-state index contributed by atoms with van der Waals surface area (Å²) in [6.07, 6.45) is 2.78. The van der Waals surface area contributed by atoms with E-state index in [0.29, 0.717) is 6.54 Å². The molecule has 0 fully saturated rings. The number of hydrogen-bond donors (Lipinski definition) is 1. The molecule has 0 saturated heterocycles. The zero-order valence-corrected chi connectivity index (χ0v) is 26.8. The molecule has 3 aliphatic carbocycles. The van der Waals surface area contributed by atoms with Gasteiger partial charge in [-0.15, -0.1) is 0 Å². The third kappa shape index (κ3) is 3.77. The predicted molar refractivity (Wildman–Crippen MR) is 197 cm³/mol. The van der Waals surface area contributed by atoms with Gasteiger partial charge < -0.3 is 5.73 Å². The van der Waals surface area contributed by atoms with Crippen LogP contribution in [0.1, 0.15) is 61.2 Å². The van der Waals surface area contributed by atoms with Crippen molar-refractivity contribution in [2.24, 2.45) is 5.73 Å². The van der Waals surface area contributed by atoms with Crippen LogP contribution in [0, 0.1) is 0 Å². The first-order chi connectivity index (χ1) is 23.8. The van der Waals surface area contributed by atoms with Gasteiger partial charge in [0.15, 0.2) is 0 Å². The maximum absolute atomic E-state index is 6.21. The van der Waals surface area contributed by atoms with E-state index in [0.717, 1.165) is 24.8 Å². The van der Waals surface area contributed by atoms with Crippen molar-refractivity contribution in [1.82, 2.24) is 0 Å². The van der Waals surface area contributed by atoms with Crippen molar-refractivity contribution in [3.63, 3.8) is 0 Å². The van der Waals surface area contributed by atoms with Crippen LogP contribution < -0.4 is 5.73 Å². The van der Waals surface area contributed by atoms with E-state index >= 15 is 0 Å². The van der Waals surface area contributed by atoms with Crippen LogP contribution in [0.15, 0.2) is 152 Å². The van der Waals surface area contributed by atoms with E-state index < -0.39 is 5.41 Å². The first kappa shape index (κ1) is 27.6. The quantitative estimate of drug-likeness (QED) is 0.192. The molecule has 0 heterocycles. The highest BCUT2D eigenvalue weighted by Gasteiger charge is 2.46. The lowest BCUT2D eigenvalue weighted by Crippen LogP contribution is -2.34. The summed E-state index contributed by atoms with van der Waals surface area (Å²) in [5.74, 6) is 0. The predicted octanol–water partition coefficient (Wildman–Crippen LogP) is 10.2. The number of hydrogen-bond acceptors (Lipinski definition) is 1. The second-order valence-electron chi connectivity index (χ2n) is 13.6. The van der Waals surface area contributed by atoms with Gasteiger partial charge in [0, 0.05) is 6.54 Å². The summed E-state index contributed by atoms with van der Waals surface area (Å²) < 4.78 is 0. The van der Waals surface area contributed by atoms with Crippen LogP contribution in [-0.4, -0.2) is 0 Å². The van der Waals surface area contributed by atoms with E-state index in [1.165, 1.54) is 89.0 Å². The van der Waals surface area contributed by atoms with Crippen LogP contribution in [0.4, 0.5) is 0 Å². The molecule has 10 rings (SSSR count). The van der Waals surface area contributed by atoms with Crippen LogP contribution in [0.2, 0.25) is 0 Å². The second-order valence-corrected chi connectivity index (χ2v) is 13.6. The smallest absolute Gasteiger partial charge is 0.0710 e. The first-order valence-electron chi connectivity index (χ1n) is 17.2. The van der Waals surface area contributed by atoms with E-state index in [1.54, 1.807) is 0 Å². The Morgan fingerprint density at radius 3 is 1.10 bits per heavy atom. The molecule has 0 bridgehead atoms. The van der Waals surface area contributed by atoms with Crippen LogP contribution in [0.25, 0.3) is 33.4 Å². The zero-order valence-electron chi connectivity index (χ0n) is 26.8. The number of nitrogens with two attached hydrogens (primary N) is 1. The fourth-order valence-corrected chi connectivity index (χ4v) is 9.32. The minimum absolute atomic E-state index is 0.523. The molecule has 0 spiro atoms. The molecule has 0 radical (unpaired) electrons. The molecule has 0 saturated carbocycles. The Morgan fingerprint density at radius 1 is 0.375 bits per heavy atom. The molecule has 3 aliphatic rings. The minimum Gasteiger partial charge on any atom is -0.326 e. The third-order valence-corrected chi connectivity index (χ3v) is 11.4. The summed E-state index contributed by atoms with van der Waals surface area (Å²) in [6, 6.07) is 57.4. The second kappa shape index (κ2) is 10.5. The highest BCUT2D eigenvalue weighted by molar-refractivity contribution is 5.86. The van der Waals surface area contributed by atoms with Crippen molar-refractivity contribution in [3.8, 4) is 33.4 Å². The Hall–Kier alpha value is -5.50. The summed E-state index contributed by atoms with van der Waals surface area (Å²) in [4.78, 5) is 0. The fraction of sp³-hybridized carbons (Fsp3) is 0.106. The van der Waals surface area contributed by atoms with Crippen molar-refractivity contribution < 1.29 is 0 Å². The molecule has 0 unspecified atom stereocenters. The number of rotatable bonds is 5. The molecule has 7 aromatic carbocycles. The Kier molecular flexibility index (Phi) is 6.04. The van der Waals surface area contributed by atoms with E-state index in [1.807, 2.05) is 0 Å². The van der Waals surface area contributed by atoms with Gasteiger partial charge in [0.05, 0.1) is 5.41 Å². The molecule has 0 atom stereocenters. The Bertz CT molecular complexity index is 2180. The normalized spacial score (nSPS) is 13.4. The van der Waals surface area contributed by atoms with Crippen LogP contribution in [0.3, 0.4) is 0 Å². The third-order valence-electron chi connectivity index (χ3n) is 11.4. The van der Waals surface area contributed by atoms with Crippen molar-refractivity contribution in [1.29, 1.82) is 0 Å². The zero-order chi connectivity index (χ0) is 31.8. The van der Waals surface area contributed by atoms with Crippen molar-refractivity contribution >= 4 is 0 Å². The summed E-state index contributed by atoms with van der Waals surface area (Å²) in [7, 11) is 0. The van der Waals surface area contributed by atoms with Gasteiger partial charge in [-0.3, -0.25) is 0 Å². The molecule has 0 aliphatic heterocycles. The molecule has 0 amide bonds. The lowest BCUT2D eigenvalue weighted by Gasteiger charge is -2.41. The van der Waals surface area contributed by atoms with Gasteiger partial charge in [-0.05, 0) is 114 Å². The van der Waals surface area contributed by atoms with Crippen molar-refractivity contribution in [2.75, 3.05) is 0 Å². The van der Waals surface area contributed by atoms with E-state index in [2.05, 4.69) is 152 Å². The van der Waals surface area contributed by atoms with E-state index in [-0.39, 0.29) is 0 Å². The standard InChI is InChI=1S/C47H35N/c48-29-30-22-24-34(25-23-30)47(44-19-7-16-38-35-13-4-1-10-31(35)26-41(38)44,45-20-8-17-39-36-14-5-2-11-32(36)27-42(39)45)46-21-9-18-40-37-15-6-3-12-33(37)28-43(40)46/h1-25H,26-29,48H2. The number of fused-ring (bicyclic) bond motifs is 9. The summed E-state index contributed by atoms with van der Waals surface area (Å²) >= 11 is 0. The topological polar surface area (TPSA) is 26.0 Å². The van der Waals surface area contributed by atoms with Crippen LogP contribution in [-0.2, 0) is 31.2 Å². The average molecular weight is 614 g/mol. The Morgan fingerprint density at radius 2 is 0.729 bits per heavy atom. The fourth-order valence-electron chi connectivity index (χ4n) is 9.32. The summed E-state index contributed by atoms with van der Waals surface area (Å²) in [5, 5.41) is 0. The minimum atomic E-state index is -0.568. The monoisotopic (exact) mass is 613 g/mol. The summed E-state index contributed by atoms with van der Waals surface area (Å²) in [5.41, 5.74) is 28.9. The molecule has 1 heteroatoms. The molecule has 0 aromatic heterocycles. The SMILES string of the molecule is NCc1ccc(C(c2cccc3c2Cc2ccccc2-3)(c2cccc3c2Cc2ccccc2-3)c2cccc3c2Cc2ccccc2-3)cc1. The van der Waals surface area contributed by atoms with Crippen LogP contribution in [0.5, 0.6) is 0 Å². The molecular weight excluding hydrogens is 579 g/mol. The highest BCUT2D eigenvalue weighted by atomic mass is 14.5. The molecule has 1 nitrogen and oxygen atoms in total. The van der Waals surface area contributed by atoms with Crippen molar-refractivity contribution in [2.45, 2.75) is 31.2 Å². The molecule has 2 N–H and O–H groups in total. The maximum Gasteiger partial charge on any atom is 0.0710 e. The highest BCUT2D eigenvalue weighted by Crippen LogP contribution is 2.56. The van der Waals surface area contributed by atoms with Gasteiger partial charge in [-0.2, -0.15) is 0 Å². The van der Waals surface area contributed by atoms with Gasteiger partial charge in [0.25, 0.3) is 0 Å².